The van der Waals surface area contributed by atoms with Crippen molar-refractivity contribution in [2.24, 2.45) is 0 Å². The van der Waals surface area contributed by atoms with Crippen LogP contribution in [0.1, 0.15) is 5.56 Å². The maximum absolute atomic E-state index is 13.5. The van der Waals surface area contributed by atoms with Gasteiger partial charge in [0.2, 0.25) is 0 Å². The van der Waals surface area contributed by atoms with E-state index in [0.717, 1.165) is 0 Å². The molecule has 0 aliphatic carbocycles. The van der Waals surface area contributed by atoms with Gasteiger partial charge in [-0.15, -0.1) is 0 Å². The van der Waals surface area contributed by atoms with Crippen molar-refractivity contribution < 1.29 is 9.13 Å². The molecule has 0 saturated heterocycles. The molecule has 0 aliphatic rings. The molecule has 1 heterocycles. The molecule has 1 aromatic heterocycles. The summed E-state index contributed by atoms with van der Waals surface area (Å²) in [5.41, 5.74) is 5.95. The quantitative estimate of drug-likeness (QED) is 0.854. The third-order valence-corrected chi connectivity index (χ3v) is 2.39. The fourth-order valence-electron chi connectivity index (χ4n) is 1.34. The summed E-state index contributed by atoms with van der Waals surface area (Å²) in [5.74, 6) is 0.0295. The highest BCUT2D eigenvalue weighted by Crippen LogP contribution is 2.19. The zero-order valence-electron chi connectivity index (χ0n) is 8.86. The Hall–Kier alpha value is -1.81. The number of aromatic nitrogens is 1. The minimum Gasteiger partial charge on any atom is -0.487 e. The summed E-state index contributed by atoms with van der Waals surface area (Å²) in [6.45, 7) is 0.0822. The summed E-state index contributed by atoms with van der Waals surface area (Å²) in [6.07, 6.45) is 3.01. The average molecular weight is 253 g/mol. The molecule has 0 amide bonds. The van der Waals surface area contributed by atoms with E-state index >= 15 is 0 Å². The van der Waals surface area contributed by atoms with E-state index in [1.807, 2.05) is 0 Å². The molecule has 0 fully saturated rings. The second-order valence-corrected chi connectivity index (χ2v) is 3.88. The van der Waals surface area contributed by atoms with Crippen molar-refractivity contribution >= 4 is 17.3 Å². The van der Waals surface area contributed by atoms with Crippen molar-refractivity contribution in [1.82, 2.24) is 4.98 Å². The van der Waals surface area contributed by atoms with Crippen LogP contribution in [-0.4, -0.2) is 4.98 Å². The molecule has 0 atom stereocenters. The normalized spacial score (nSPS) is 10.2. The van der Waals surface area contributed by atoms with Gasteiger partial charge >= 0.3 is 0 Å². The van der Waals surface area contributed by atoms with Crippen LogP contribution in [-0.2, 0) is 6.61 Å². The van der Waals surface area contributed by atoms with Crippen LogP contribution in [0.3, 0.4) is 0 Å². The molecule has 0 saturated carbocycles. The van der Waals surface area contributed by atoms with E-state index in [1.54, 1.807) is 18.2 Å². The van der Waals surface area contributed by atoms with Crippen molar-refractivity contribution in [3.63, 3.8) is 0 Å². The van der Waals surface area contributed by atoms with Crippen LogP contribution in [0.4, 0.5) is 10.1 Å². The number of ether oxygens (including phenoxy) is 1. The zero-order chi connectivity index (χ0) is 12.3. The fraction of sp³-hybridized carbons (Fsp3) is 0.0833. The van der Waals surface area contributed by atoms with Gasteiger partial charge in [0.1, 0.15) is 12.4 Å². The first-order valence-electron chi connectivity index (χ1n) is 4.93. The number of anilines is 1. The monoisotopic (exact) mass is 252 g/mol. The molecule has 2 aromatic rings. The molecule has 2 N–H and O–H groups in total. The van der Waals surface area contributed by atoms with Gasteiger partial charge in [0.15, 0.2) is 5.82 Å². The molecule has 5 heteroatoms. The maximum Gasteiger partial charge on any atom is 0.152 e. The van der Waals surface area contributed by atoms with Crippen LogP contribution in [0.15, 0.2) is 36.7 Å². The van der Waals surface area contributed by atoms with E-state index in [4.69, 9.17) is 22.1 Å². The molecule has 0 bridgehead atoms. The minimum atomic E-state index is -0.456. The second-order valence-electron chi connectivity index (χ2n) is 3.45. The number of hydrogen-bond acceptors (Lipinski definition) is 3. The van der Waals surface area contributed by atoms with Gasteiger partial charge in [-0.1, -0.05) is 23.7 Å². The predicted octanol–water partition coefficient (Wildman–Crippen LogP) is 3.04. The van der Waals surface area contributed by atoms with E-state index in [2.05, 4.69) is 4.98 Å². The Bertz CT molecular complexity index is 534. The Morgan fingerprint density at radius 2 is 2.18 bits per heavy atom. The molecule has 0 radical (unpaired) electrons. The van der Waals surface area contributed by atoms with Crippen LogP contribution in [0.2, 0.25) is 5.02 Å². The average Bonchev–Trinajstić information content (AvgIpc) is 2.31. The molecule has 17 heavy (non-hydrogen) atoms. The van der Waals surface area contributed by atoms with Crippen molar-refractivity contribution in [2.45, 2.75) is 6.61 Å². The van der Waals surface area contributed by atoms with E-state index in [0.29, 0.717) is 16.3 Å². The van der Waals surface area contributed by atoms with Crippen LogP contribution < -0.4 is 10.5 Å². The Morgan fingerprint density at radius 1 is 1.35 bits per heavy atom. The number of pyridine rings is 1. The number of nitrogen functional groups attached to an aromatic ring is 1. The van der Waals surface area contributed by atoms with Crippen LogP contribution in [0.5, 0.6) is 5.75 Å². The van der Waals surface area contributed by atoms with E-state index < -0.39 is 5.82 Å². The Kier molecular flexibility index (Phi) is 3.44. The third kappa shape index (κ3) is 2.85. The largest absolute Gasteiger partial charge is 0.487 e. The van der Waals surface area contributed by atoms with Gasteiger partial charge < -0.3 is 10.5 Å². The number of nitrogens with zero attached hydrogens (tertiary/aromatic N) is 1. The van der Waals surface area contributed by atoms with Gasteiger partial charge in [-0.3, -0.25) is 4.98 Å². The van der Waals surface area contributed by atoms with E-state index in [9.17, 15) is 4.39 Å². The number of halogens is 2. The zero-order valence-corrected chi connectivity index (χ0v) is 9.62. The SMILES string of the molecule is Nc1cccc(COc2cncc(Cl)c2)c1F. The standard InChI is InChI=1S/C12H10ClFN2O/c13-9-4-10(6-16-5-9)17-7-8-2-1-3-11(15)12(8)14/h1-6H,7,15H2. The molecular formula is C12H10ClFN2O. The molecular weight excluding hydrogens is 243 g/mol. The first kappa shape index (κ1) is 11.7. The van der Waals surface area contributed by atoms with Crippen LogP contribution >= 0.6 is 11.6 Å². The molecule has 3 nitrogen and oxygen atoms in total. The first-order valence-corrected chi connectivity index (χ1v) is 5.31. The lowest BCUT2D eigenvalue weighted by molar-refractivity contribution is 0.299. The lowest BCUT2D eigenvalue weighted by Gasteiger charge is -2.08. The highest BCUT2D eigenvalue weighted by atomic mass is 35.5. The number of rotatable bonds is 3. The number of benzene rings is 1. The van der Waals surface area contributed by atoms with Crippen LogP contribution in [0, 0.1) is 5.82 Å². The van der Waals surface area contributed by atoms with Gasteiger partial charge in [0, 0.05) is 17.8 Å². The highest BCUT2D eigenvalue weighted by Gasteiger charge is 2.06. The topological polar surface area (TPSA) is 48.1 Å². The number of nitrogens with two attached hydrogens (primary N) is 1. The van der Waals surface area contributed by atoms with Gasteiger partial charge in [0.05, 0.1) is 16.9 Å². The Morgan fingerprint density at radius 3 is 2.94 bits per heavy atom. The predicted molar refractivity (Wildman–Crippen MR) is 64.4 cm³/mol. The smallest absolute Gasteiger partial charge is 0.152 e. The molecule has 88 valence electrons. The van der Waals surface area contributed by atoms with Crippen molar-refractivity contribution in [1.29, 1.82) is 0 Å². The summed E-state index contributed by atoms with van der Waals surface area (Å²) in [5, 5.41) is 0.468. The summed E-state index contributed by atoms with van der Waals surface area (Å²) in [7, 11) is 0. The second kappa shape index (κ2) is 5.01. The molecule has 0 unspecified atom stereocenters. The minimum absolute atomic E-state index is 0.0822. The van der Waals surface area contributed by atoms with Crippen molar-refractivity contribution in [3.8, 4) is 5.75 Å². The summed E-state index contributed by atoms with van der Waals surface area (Å²) < 4.78 is 18.9. The fourth-order valence-corrected chi connectivity index (χ4v) is 1.51. The molecule has 0 spiro atoms. The maximum atomic E-state index is 13.5. The van der Waals surface area contributed by atoms with Crippen LogP contribution in [0.25, 0.3) is 0 Å². The molecule has 2 rings (SSSR count). The van der Waals surface area contributed by atoms with E-state index in [1.165, 1.54) is 18.5 Å². The van der Waals surface area contributed by atoms with Crippen molar-refractivity contribution in [2.75, 3.05) is 5.73 Å². The Labute approximate surface area is 103 Å². The summed E-state index contributed by atoms with van der Waals surface area (Å²) in [4.78, 5) is 3.86. The number of hydrogen-bond donors (Lipinski definition) is 1. The molecule has 0 aliphatic heterocycles. The molecule has 1 aromatic carbocycles. The lowest BCUT2D eigenvalue weighted by atomic mass is 10.2. The van der Waals surface area contributed by atoms with Crippen molar-refractivity contribution in [3.05, 3.63) is 53.1 Å². The summed E-state index contributed by atoms with van der Waals surface area (Å²) in [6, 6.07) is 6.40. The van der Waals surface area contributed by atoms with Gasteiger partial charge in [0.25, 0.3) is 0 Å². The van der Waals surface area contributed by atoms with Gasteiger partial charge in [-0.25, -0.2) is 4.39 Å². The first-order chi connectivity index (χ1) is 8.16. The highest BCUT2D eigenvalue weighted by molar-refractivity contribution is 6.30. The van der Waals surface area contributed by atoms with Gasteiger partial charge in [-0.05, 0) is 6.07 Å². The Balaban J connectivity index is 2.10. The van der Waals surface area contributed by atoms with E-state index in [-0.39, 0.29) is 12.3 Å². The summed E-state index contributed by atoms with van der Waals surface area (Å²) >= 11 is 5.75. The lowest BCUT2D eigenvalue weighted by Crippen LogP contribution is -2.01. The van der Waals surface area contributed by atoms with Gasteiger partial charge in [-0.2, -0.15) is 0 Å². The third-order valence-electron chi connectivity index (χ3n) is 2.18.